The lowest BCUT2D eigenvalue weighted by atomic mass is 10.2. The zero-order valence-electron chi connectivity index (χ0n) is 20.0. The molecule has 7 heteroatoms. The number of benzene rings is 2. The maximum atomic E-state index is 13.7. The van der Waals surface area contributed by atoms with E-state index in [4.69, 9.17) is 26.7 Å². The molecule has 5 nitrogen and oxygen atoms in total. The summed E-state index contributed by atoms with van der Waals surface area (Å²) in [6.07, 6.45) is -0.383. The number of hydrogen-bond acceptors (Lipinski definition) is 4. The van der Waals surface area contributed by atoms with Gasteiger partial charge in [-0.05, 0) is 53.9 Å². The summed E-state index contributed by atoms with van der Waals surface area (Å²) in [4.78, 5) is 18.6. The van der Waals surface area contributed by atoms with Crippen LogP contribution in [0.2, 0.25) is 21.6 Å². The maximum Gasteiger partial charge on any atom is 0.267 e. The van der Waals surface area contributed by atoms with Gasteiger partial charge in [-0.25, -0.2) is 4.98 Å². The SMILES string of the molecule is CC(C)[Si](O[C@@H](C)c1nc2cccc(Cl)c2c(=O)n1-c1cccc(N)c1)(C(C)C)C(C)C. The second-order valence-corrected chi connectivity index (χ2v) is 15.2. The Labute approximate surface area is 196 Å². The fourth-order valence-corrected chi connectivity index (χ4v) is 10.9. The molecule has 1 atom stereocenters. The monoisotopic (exact) mass is 471 g/mol. The number of fused-ring (bicyclic) bond motifs is 1. The molecular weight excluding hydrogens is 438 g/mol. The third-order valence-electron chi connectivity index (χ3n) is 6.45. The summed E-state index contributed by atoms with van der Waals surface area (Å²) in [5, 5.41) is 0.778. The first kappa shape index (κ1) is 24.5. The predicted molar refractivity (Wildman–Crippen MR) is 137 cm³/mol. The van der Waals surface area contributed by atoms with Gasteiger partial charge in [0.2, 0.25) is 8.32 Å². The van der Waals surface area contributed by atoms with Crippen molar-refractivity contribution in [2.45, 2.75) is 71.2 Å². The van der Waals surface area contributed by atoms with Gasteiger partial charge in [-0.15, -0.1) is 0 Å². The van der Waals surface area contributed by atoms with Crippen LogP contribution in [0, 0.1) is 0 Å². The normalized spacial score (nSPS) is 13.5. The van der Waals surface area contributed by atoms with Crippen LogP contribution in [0.1, 0.15) is 60.4 Å². The van der Waals surface area contributed by atoms with Gasteiger partial charge < -0.3 is 10.2 Å². The molecule has 0 fully saturated rings. The Kier molecular flexibility index (Phi) is 7.17. The highest BCUT2D eigenvalue weighted by Crippen LogP contribution is 2.45. The minimum Gasteiger partial charge on any atom is -0.406 e. The second-order valence-electron chi connectivity index (χ2n) is 9.42. The Hall–Kier alpha value is -2.15. The molecule has 0 saturated carbocycles. The minimum absolute atomic E-state index is 0.220. The third-order valence-corrected chi connectivity index (χ3v) is 12.9. The Bertz CT molecular complexity index is 1150. The van der Waals surface area contributed by atoms with E-state index in [1.807, 2.05) is 31.2 Å². The van der Waals surface area contributed by atoms with E-state index in [-0.39, 0.29) is 11.7 Å². The maximum absolute atomic E-state index is 13.7. The van der Waals surface area contributed by atoms with Gasteiger partial charge >= 0.3 is 0 Å². The summed E-state index contributed by atoms with van der Waals surface area (Å²) in [6.45, 7) is 15.5. The van der Waals surface area contributed by atoms with Gasteiger partial charge in [-0.3, -0.25) is 9.36 Å². The van der Waals surface area contributed by atoms with Crippen molar-refractivity contribution in [1.82, 2.24) is 9.55 Å². The molecule has 0 aliphatic carbocycles. The predicted octanol–water partition coefficient (Wildman–Crippen LogP) is 6.87. The lowest BCUT2D eigenvalue weighted by Gasteiger charge is -2.44. The van der Waals surface area contributed by atoms with Gasteiger partial charge in [0.05, 0.1) is 21.6 Å². The van der Waals surface area contributed by atoms with Crippen molar-refractivity contribution in [3.63, 3.8) is 0 Å². The average Bonchev–Trinajstić information content (AvgIpc) is 2.70. The molecule has 0 unspecified atom stereocenters. The van der Waals surface area contributed by atoms with E-state index in [1.54, 1.807) is 22.8 Å². The van der Waals surface area contributed by atoms with E-state index in [9.17, 15) is 4.79 Å². The van der Waals surface area contributed by atoms with Crippen molar-refractivity contribution >= 4 is 36.5 Å². The molecule has 172 valence electrons. The molecule has 3 rings (SSSR count). The minimum atomic E-state index is -2.21. The molecule has 1 aromatic heterocycles. The number of halogens is 1. The second kappa shape index (κ2) is 9.38. The Morgan fingerprint density at radius 3 is 2.12 bits per heavy atom. The lowest BCUT2D eigenvalue weighted by molar-refractivity contribution is 0.183. The highest BCUT2D eigenvalue weighted by molar-refractivity contribution is 6.77. The standard InChI is InChI=1S/C25H34ClN3O2Si/c1-15(2)32(16(3)4,17(5)6)31-18(7)24-28-22-13-9-12-21(26)23(22)25(30)29(24)20-11-8-10-19(27)14-20/h8-18H,27H2,1-7H3/t18-/m0/s1. The smallest absolute Gasteiger partial charge is 0.267 e. The number of aromatic nitrogens is 2. The molecule has 0 aliphatic heterocycles. The van der Waals surface area contributed by atoms with Crippen LogP contribution in [0.4, 0.5) is 5.69 Å². The van der Waals surface area contributed by atoms with Crippen molar-refractivity contribution in [2.24, 2.45) is 0 Å². The summed E-state index contributed by atoms with van der Waals surface area (Å²) in [7, 11) is -2.21. The first-order valence-electron chi connectivity index (χ1n) is 11.3. The summed E-state index contributed by atoms with van der Waals surface area (Å²) in [5.41, 5.74) is 8.85. The molecule has 0 radical (unpaired) electrons. The topological polar surface area (TPSA) is 70.1 Å². The Balaban J connectivity index is 2.29. The van der Waals surface area contributed by atoms with Crippen molar-refractivity contribution in [2.75, 3.05) is 5.73 Å². The van der Waals surface area contributed by atoms with E-state index in [0.717, 1.165) is 0 Å². The van der Waals surface area contributed by atoms with E-state index in [2.05, 4.69) is 41.5 Å². The first-order chi connectivity index (χ1) is 15.0. The van der Waals surface area contributed by atoms with Crippen LogP contribution in [-0.4, -0.2) is 17.9 Å². The summed E-state index contributed by atoms with van der Waals surface area (Å²) >= 11 is 6.41. The lowest BCUT2D eigenvalue weighted by Crippen LogP contribution is -2.48. The molecule has 0 bridgehead atoms. The molecule has 2 N–H and O–H groups in total. The summed E-state index contributed by atoms with van der Waals surface area (Å²) in [6, 6.07) is 12.6. The van der Waals surface area contributed by atoms with E-state index < -0.39 is 8.32 Å². The van der Waals surface area contributed by atoms with Gasteiger partial charge in [-0.2, -0.15) is 0 Å². The van der Waals surface area contributed by atoms with Crippen LogP contribution >= 0.6 is 11.6 Å². The molecule has 2 aromatic carbocycles. The first-order valence-corrected chi connectivity index (χ1v) is 13.8. The van der Waals surface area contributed by atoms with Gasteiger partial charge in [0.25, 0.3) is 5.56 Å². The quantitative estimate of drug-likeness (QED) is 0.301. The summed E-state index contributed by atoms with van der Waals surface area (Å²) < 4.78 is 8.59. The summed E-state index contributed by atoms with van der Waals surface area (Å²) in [5.74, 6) is 0.564. The van der Waals surface area contributed by atoms with Gasteiger partial charge in [0, 0.05) is 5.69 Å². The number of rotatable bonds is 7. The fourth-order valence-electron chi connectivity index (χ4n) is 5.16. The van der Waals surface area contributed by atoms with Gasteiger partial charge in [0.15, 0.2) is 0 Å². The largest absolute Gasteiger partial charge is 0.406 e. The number of anilines is 1. The number of nitrogen functional groups attached to an aromatic ring is 1. The zero-order chi connectivity index (χ0) is 23.8. The molecule has 0 spiro atoms. The van der Waals surface area contributed by atoms with E-state index >= 15 is 0 Å². The zero-order valence-corrected chi connectivity index (χ0v) is 21.8. The van der Waals surface area contributed by atoms with Crippen molar-refractivity contribution < 1.29 is 4.43 Å². The van der Waals surface area contributed by atoms with Crippen LogP contribution in [0.3, 0.4) is 0 Å². The Morgan fingerprint density at radius 2 is 1.56 bits per heavy atom. The van der Waals surface area contributed by atoms with Crippen LogP contribution in [0.25, 0.3) is 16.6 Å². The van der Waals surface area contributed by atoms with Crippen molar-refractivity contribution in [3.05, 3.63) is 63.7 Å². The van der Waals surface area contributed by atoms with Gasteiger partial charge in [0.1, 0.15) is 11.9 Å². The molecule has 0 saturated heterocycles. The average molecular weight is 472 g/mol. The Morgan fingerprint density at radius 1 is 0.969 bits per heavy atom. The molecule has 0 amide bonds. The van der Waals surface area contributed by atoms with Crippen LogP contribution < -0.4 is 11.3 Å². The molecular formula is C25H34ClN3O2Si. The van der Waals surface area contributed by atoms with Crippen molar-refractivity contribution in [1.29, 1.82) is 0 Å². The highest BCUT2D eigenvalue weighted by Gasteiger charge is 2.46. The molecule has 3 aromatic rings. The van der Waals surface area contributed by atoms with Gasteiger partial charge in [-0.1, -0.05) is 65.3 Å². The molecule has 32 heavy (non-hydrogen) atoms. The van der Waals surface area contributed by atoms with Crippen LogP contribution in [-0.2, 0) is 4.43 Å². The highest BCUT2D eigenvalue weighted by atomic mass is 35.5. The fraction of sp³-hybridized carbons (Fsp3) is 0.440. The van der Waals surface area contributed by atoms with E-state index in [1.165, 1.54) is 0 Å². The number of nitrogens with zero attached hydrogens (tertiary/aromatic N) is 2. The van der Waals surface area contributed by atoms with Crippen LogP contribution in [0.15, 0.2) is 47.3 Å². The molecule has 0 aliphatic rings. The number of hydrogen-bond donors (Lipinski definition) is 1. The van der Waals surface area contributed by atoms with Crippen molar-refractivity contribution in [3.8, 4) is 5.69 Å². The molecule has 1 heterocycles. The number of nitrogens with two attached hydrogens (primary N) is 1. The van der Waals surface area contributed by atoms with E-state index in [0.29, 0.717) is 49.7 Å². The third kappa shape index (κ3) is 4.23. The van der Waals surface area contributed by atoms with Crippen LogP contribution in [0.5, 0.6) is 0 Å².